The van der Waals surface area contributed by atoms with E-state index in [1.54, 1.807) is 0 Å². The summed E-state index contributed by atoms with van der Waals surface area (Å²) in [5.74, 6) is 0.0712. The van der Waals surface area contributed by atoms with Gasteiger partial charge in [0.25, 0.3) is 0 Å². The maximum Gasteiger partial charge on any atom is 0.227 e. The highest BCUT2D eigenvalue weighted by atomic mass is 35.5. The minimum absolute atomic E-state index is 0.00838. The average Bonchev–Trinajstić information content (AvgIpc) is 3.04. The lowest BCUT2D eigenvalue weighted by Crippen LogP contribution is -2.38. The number of halogens is 2. The van der Waals surface area contributed by atoms with Crippen molar-refractivity contribution < 1.29 is 9.59 Å². The zero-order chi connectivity index (χ0) is 25.9. The third kappa shape index (κ3) is 5.32. The van der Waals surface area contributed by atoms with Gasteiger partial charge in [0.1, 0.15) is 0 Å². The molecular formula is C31H30Cl2N2O2. The molecule has 190 valence electrons. The van der Waals surface area contributed by atoms with Gasteiger partial charge in [0.2, 0.25) is 5.91 Å². The highest BCUT2D eigenvalue weighted by Crippen LogP contribution is 2.48. The zero-order valence-electron chi connectivity index (χ0n) is 20.8. The lowest BCUT2D eigenvalue weighted by atomic mass is 9.78. The first-order chi connectivity index (χ1) is 18.0. The first-order valence-electron chi connectivity index (χ1n) is 12.9. The number of unbranched alkanes of at least 4 members (excludes halogenated alkanes) is 2. The molecule has 0 saturated heterocycles. The molecule has 0 unspecified atom stereocenters. The summed E-state index contributed by atoms with van der Waals surface area (Å²) in [5.41, 5.74) is 5.02. The van der Waals surface area contributed by atoms with Gasteiger partial charge in [0, 0.05) is 34.2 Å². The molecule has 0 saturated carbocycles. The van der Waals surface area contributed by atoms with Crippen molar-refractivity contribution in [1.82, 2.24) is 0 Å². The van der Waals surface area contributed by atoms with Gasteiger partial charge in [-0.1, -0.05) is 79.4 Å². The van der Waals surface area contributed by atoms with Crippen LogP contribution in [0.15, 0.2) is 84.1 Å². The number of hydrogen-bond acceptors (Lipinski definition) is 3. The first-order valence-corrected chi connectivity index (χ1v) is 13.7. The molecule has 1 aliphatic heterocycles. The number of hydrogen-bond donors (Lipinski definition) is 1. The number of carbonyl (C=O) groups is 2. The summed E-state index contributed by atoms with van der Waals surface area (Å²) in [4.78, 5) is 29.7. The van der Waals surface area contributed by atoms with Crippen LogP contribution in [0.1, 0.15) is 68.5 Å². The number of anilines is 2. The number of benzene rings is 3. The van der Waals surface area contributed by atoms with Gasteiger partial charge in [-0.2, -0.15) is 0 Å². The molecule has 0 spiro atoms. The number of ketones is 1. The van der Waals surface area contributed by atoms with E-state index in [2.05, 4.69) is 12.2 Å². The molecule has 37 heavy (non-hydrogen) atoms. The van der Waals surface area contributed by atoms with Crippen molar-refractivity contribution in [3.8, 4) is 0 Å². The second-order valence-corrected chi connectivity index (χ2v) is 10.7. The number of nitrogens with zero attached hydrogens (tertiary/aromatic N) is 1. The Labute approximate surface area is 228 Å². The van der Waals surface area contributed by atoms with Crippen LogP contribution in [0.5, 0.6) is 0 Å². The molecule has 6 heteroatoms. The summed E-state index contributed by atoms with van der Waals surface area (Å²) in [6, 6.07) is 22.5. The minimum Gasteiger partial charge on any atom is -0.357 e. The van der Waals surface area contributed by atoms with E-state index in [1.807, 2.05) is 77.7 Å². The van der Waals surface area contributed by atoms with Crippen LogP contribution in [0.4, 0.5) is 11.4 Å². The third-order valence-electron chi connectivity index (χ3n) is 7.26. The Bertz CT molecular complexity index is 1350. The second kappa shape index (κ2) is 11.1. The first kappa shape index (κ1) is 25.6. The summed E-state index contributed by atoms with van der Waals surface area (Å²) in [6.07, 6.45) is 4.27. The smallest absolute Gasteiger partial charge is 0.227 e. The molecule has 3 aromatic rings. The molecule has 2 atom stereocenters. The van der Waals surface area contributed by atoms with Crippen LogP contribution in [0, 0.1) is 0 Å². The summed E-state index contributed by atoms with van der Waals surface area (Å²) >= 11 is 12.6. The molecule has 5 rings (SSSR count). The monoisotopic (exact) mass is 532 g/mol. The average molecular weight is 533 g/mol. The molecule has 1 N–H and O–H groups in total. The van der Waals surface area contributed by atoms with Crippen molar-refractivity contribution in [3.63, 3.8) is 0 Å². The van der Waals surface area contributed by atoms with Crippen LogP contribution in [0.25, 0.3) is 0 Å². The molecule has 0 aromatic heterocycles. The molecule has 2 aliphatic rings. The highest BCUT2D eigenvalue weighted by Gasteiger charge is 2.41. The lowest BCUT2D eigenvalue weighted by Gasteiger charge is -2.35. The number of allylic oxidation sites excluding steroid dienone is 1. The van der Waals surface area contributed by atoms with Crippen molar-refractivity contribution in [3.05, 3.63) is 105 Å². The molecule has 1 amide bonds. The number of amides is 1. The van der Waals surface area contributed by atoms with Crippen molar-refractivity contribution in [2.75, 3.05) is 10.2 Å². The standard InChI is InChI=1S/C31H30Cl2N2O2/c1-2-3-4-12-29(37)35-27-11-6-5-10-25(27)34-26-18-22(20-13-15-23(32)16-14-20)19-28(36)30(26)31(35)21-8-7-9-24(33)17-21/h5-11,13-17,22,31,34H,2-4,12,18-19H2,1H3/t22-,31+/m1/s1. The molecule has 4 nitrogen and oxygen atoms in total. The SMILES string of the molecule is CCCCCC(=O)N1c2ccccc2NC2=C(C(=O)C[C@H](c3ccc(Cl)cc3)C2)[C@@H]1c1cccc(Cl)c1. The fourth-order valence-electron chi connectivity index (χ4n) is 5.47. The molecule has 0 fully saturated rings. The van der Waals surface area contributed by atoms with E-state index in [0.717, 1.165) is 47.5 Å². The van der Waals surface area contributed by atoms with Crippen LogP contribution >= 0.6 is 23.2 Å². The number of nitrogens with one attached hydrogen (secondary N) is 1. The van der Waals surface area contributed by atoms with Crippen molar-refractivity contribution in [2.24, 2.45) is 0 Å². The van der Waals surface area contributed by atoms with Gasteiger partial charge in [-0.05, 0) is 66.3 Å². The molecule has 1 aliphatic carbocycles. The second-order valence-electron chi connectivity index (χ2n) is 9.79. The van der Waals surface area contributed by atoms with Gasteiger partial charge in [0.15, 0.2) is 5.78 Å². The molecule has 0 radical (unpaired) electrons. The predicted octanol–water partition coefficient (Wildman–Crippen LogP) is 8.47. The Hall–Kier alpha value is -3.08. The number of carbonyl (C=O) groups excluding carboxylic acids is 2. The van der Waals surface area contributed by atoms with Gasteiger partial charge in [-0.25, -0.2) is 0 Å². The third-order valence-corrected chi connectivity index (χ3v) is 7.74. The minimum atomic E-state index is -0.558. The van der Waals surface area contributed by atoms with E-state index in [-0.39, 0.29) is 17.6 Å². The maximum atomic E-state index is 14.0. The van der Waals surface area contributed by atoms with E-state index >= 15 is 0 Å². The number of para-hydroxylation sites is 2. The lowest BCUT2D eigenvalue weighted by molar-refractivity contribution is -0.119. The maximum absolute atomic E-state index is 14.0. The van der Waals surface area contributed by atoms with Crippen molar-refractivity contribution >= 4 is 46.3 Å². The Morgan fingerprint density at radius 2 is 1.70 bits per heavy atom. The summed E-state index contributed by atoms with van der Waals surface area (Å²) in [7, 11) is 0. The normalized spacial score (nSPS) is 19.1. The Kier molecular flexibility index (Phi) is 7.68. The number of rotatable bonds is 6. The highest BCUT2D eigenvalue weighted by molar-refractivity contribution is 6.31. The topological polar surface area (TPSA) is 49.4 Å². The van der Waals surface area contributed by atoms with Gasteiger partial charge in [-0.3, -0.25) is 14.5 Å². The van der Waals surface area contributed by atoms with E-state index in [4.69, 9.17) is 23.2 Å². The van der Waals surface area contributed by atoms with E-state index in [9.17, 15) is 9.59 Å². The number of fused-ring (bicyclic) bond motifs is 1. The van der Waals surface area contributed by atoms with Gasteiger partial charge in [0.05, 0.1) is 17.4 Å². The van der Waals surface area contributed by atoms with Gasteiger partial charge >= 0.3 is 0 Å². The molecule has 0 bridgehead atoms. The van der Waals surface area contributed by atoms with Crippen molar-refractivity contribution in [1.29, 1.82) is 0 Å². The summed E-state index contributed by atoms with van der Waals surface area (Å²) in [6.45, 7) is 2.12. The van der Waals surface area contributed by atoms with E-state index < -0.39 is 6.04 Å². The largest absolute Gasteiger partial charge is 0.357 e. The quantitative estimate of drug-likeness (QED) is 0.323. The summed E-state index contributed by atoms with van der Waals surface area (Å²) < 4.78 is 0. The van der Waals surface area contributed by atoms with Gasteiger partial charge < -0.3 is 5.32 Å². The Morgan fingerprint density at radius 3 is 2.46 bits per heavy atom. The Morgan fingerprint density at radius 1 is 0.919 bits per heavy atom. The van der Waals surface area contributed by atoms with Gasteiger partial charge in [-0.15, -0.1) is 0 Å². The zero-order valence-corrected chi connectivity index (χ0v) is 22.4. The van der Waals surface area contributed by atoms with Crippen LogP contribution in [0.2, 0.25) is 10.0 Å². The van der Waals surface area contributed by atoms with E-state index in [0.29, 0.717) is 34.9 Å². The molecule has 1 heterocycles. The summed E-state index contributed by atoms with van der Waals surface area (Å²) in [5, 5.41) is 4.82. The fraction of sp³-hybridized carbons (Fsp3) is 0.290. The predicted molar refractivity (Wildman–Crippen MR) is 151 cm³/mol. The molecular weight excluding hydrogens is 503 g/mol. The van der Waals surface area contributed by atoms with Crippen LogP contribution in [0.3, 0.4) is 0 Å². The van der Waals surface area contributed by atoms with E-state index in [1.165, 1.54) is 0 Å². The van der Waals surface area contributed by atoms with Crippen LogP contribution < -0.4 is 10.2 Å². The molecule has 3 aromatic carbocycles. The number of Topliss-reactive ketones (excluding diaryl/α,β-unsaturated/α-hetero) is 1. The van der Waals surface area contributed by atoms with Crippen LogP contribution in [-0.2, 0) is 9.59 Å². The van der Waals surface area contributed by atoms with Crippen molar-refractivity contribution in [2.45, 2.75) is 57.4 Å². The Balaban J connectivity index is 1.66. The fourth-order valence-corrected chi connectivity index (χ4v) is 5.80. The van der Waals surface area contributed by atoms with Crippen LogP contribution in [-0.4, -0.2) is 11.7 Å².